The Hall–Kier alpha value is -6.09. The number of halogens is 3. The maximum atomic E-state index is 13.1. The average molecular weight is 689 g/mol. The van der Waals surface area contributed by atoms with Crippen molar-refractivity contribution in [2.75, 3.05) is 27.8 Å². The van der Waals surface area contributed by atoms with Crippen molar-refractivity contribution in [2.24, 2.45) is 5.73 Å². The summed E-state index contributed by atoms with van der Waals surface area (Å²) in [6.07, 6.45) is 1.01. The molecule has 0 aliphatic rings. The molecule has 0 saturated carbocycles. The van der Waals surface area contributed by atoms with Crippen LogP contribution < -0.4 is 32.3 Å². The Morgan fingerprint density at radius 3 is 2.22 bits per heavy atom. The second-order valence-corrected chi connectivity index (χ2v) is 11.1. The smallest absolute Gasteiger partial charge is 0.341 e. The van der Waals surface area contributed by atoms with E-state index in [9.17, 15) is 32.3 Å². The zero-order valence-corrected chi connectivity index (χ0v) is 26.9. The van der Waals surface area contributed by atoms with Crippen LogP contribution in [0.5, 0.6) is 0 Å². The van der Waals surface area contributed by atoms with Crippen molar-refractivity contribution >= 4 is 52.3 Å². The van der Waals surface area contributed by atoms with E-state index in [1.165, 1.54) is 30.6 Å². The molecule has 1 atom stereocenters. The lowest BCUT2D eigenvalue weighted by Crippen LogP contribution is -2.43. The number of alkyl halides is 3. The van der Waals surface area contributed by atoms with Gasteiger partial charge < -0.3 is 32.3 Å². The van der Waals surface area contributed by atoms with Gasteiger partial charge in [0, 0.05) is 28.2 Å². The lowest BCUT2D eigenvalue weighted by atomic mass is 10.1. The molecule has 0 radical (unpaired) electrons. The molecule has 4 aromatic rings. The lowest BCUT2D eigenvalue weighted by Gasteiger charge is -2.18. The molecule has 15 heteroatoms. The highest BCUT2D eigenvalue weighted by Gasteiger charge is 2.31. The summed E-state index contributed by atoms with van der Waals surface area (Å²) >= 11 is 0. The number of benzene rings is 3. The predicted molar refractivity (Wildman–Crippen MR) is 184 cm³/mol. The number of nitrogens with one attached hydrogen (secondary N) is 5. The summed E-state index contributed by atoms with van der Waals surface area (Å²) in [5.74, 6) is -1.97. The van der Waals surface area contributed by atoms with Gasteiger partial charge in [-0.3, -0.25) is 19.2 Å². The van der Waals surface area contributed by atoms with Gasteiger partial charge in [-0.15, -0.1) is 0 Å². The van der Waals surface area contributed by atoms with Gasteiger partial charge in [-0.1, -0.05) is 24.8 Å². The summed E-state index contributed by atoms with van der Waals surface area (Å²) in [6, 6.07) is 14.6. The molecule has 1 aromatic heterocycles. The second-order valence-electron chi connectivity index (χ2n) is 11.1. The van der Waals surface area contributed by atoms with Gasteiger partial charge >= 0.3 is 6.18 Å². The Bertz CT molecular complexity index is 1870. The van der Waals surface area contributed by atoms with Gasteiger partial charge in [0.1, 0.15) is 6.04 Å². The van der Waals surface area contributed by atoms with Crippen molar-refractivity contribution < 1.29 is 32.3 Å². The maximum absolute atomic E-state index is 13.1. The first-order valence-corrected chi connectivity index (χ1v) is 15.4. The molecule has 0 saturated heterocycles. The number of anilines is 5. The van der Waals surface area contributed by atoms with E-state index in [1.54, 1.807) is 37.3 Å². The van der Waals surface area contributed by atoms with Crippen LogP contribution in [-0.4, -0.2) is 46.2 Å². The number of carbonyl (C=O) groups is 4. The molecule has 3 aromatic carbocycles. The normalized spacial score (nSPS) is 11.5. The SMILES string of the molecule is C=CC(=O)NC(CCCCN)C(=O)Nc1cccc(Nc2ncc(NC(=O)c3cc(NC(=O)c4cccc(C(F)(F)F)c4)ccc3C)cn2)c1. The van der Waals surface area contributed by atoms with Crippen LogP contribution in [0.2, 0.25) is 0 Å². The minimum atomic E-state index is -4.60. The summed E-state index contributed by atoms with van der Waals surface area (Å²) in [5, 5.41) is 13.7. The first-order valence-electron chi connectivity index (χ1n) is 15.4. The topological polar surface area (TPSA) is 180 Å². The Balaban J connectivity index is 1.37. The van der Waals surface area contributed by atoms with E-state index >= 15 is 0 Å². The van der Waals surface area contributed by atoms with Crippen LogP contribution in [0.15, 0.2) is 91.8 Å². The molecule has 0 spiro atoms. The van der Waals surface area contributed by atoms with E-state index < -0.39 is 41.4 Å². The van der Waals surface area contributed by atoms with E-state index in [-0.39, 0.29) is 28.5 Å². The van der Waals surface area contributed by atoms with E-state index in [0.29, 0.717) is 42.7 Å². The molecule has 4 rings (SSSR count). The minimum Gasteiger partial charge on any atom is -0.341 e. The van der Waals surface area contributed by atoms with Crippen LogP contribution in [0.4, 0.5) is 41.9 Å². The van der Waals surface area contributed by atoms with Gasteiger partial charge in [-0.05, 0) is 92.9 Å². The monoisotopic (exact) mass is 688 g/mol. The molecule has 0 aliphatic heterocycles. The van der Waals surface area contributed by atoms with Crippen molar-refractivity contribution in [3.63, 3.8) is 0 Å². The molecule has 1 unspecified atom stereocenters. The fraction of sp³-hybridized carbons (Fsp3) is 0.200. The van der Waals surface area contributed by atoms with Gasteiger partial charge in [0.05, 0.1) is 23.6 Å². The molecule has 1 heterocycles. The van der Waals surface area contributed by atoms with Crippen molar-refractivity contribution in [1.82, 2.24) is 15.3 Å². The summed E-state index contributed by atoms with van der Waals surface area (Å²) in [5.41, 5.74) is 6.68. The Morgan fingerprint density at radius 1 is 0.840 bits per heavy atom. The van der Waals surface area contributed by atoms with E-state index in [4.69, 9.17) is 5.73 Å². The average Bonchev–Trinajstić information content (AvgIpc) is 3.09. The summed E-state index contributed by atoms with van der Waals surface area (Å²) < 4.78 is 39.2. The molecular weight excluding hydrogens is 653 g/mol. The van der Waals surface area contributed by atoms with E-state index in [2.05, 4.69) is 43.1 Å². The number of amides is 4. The number of aromatic nitrogens is 2. The van der Waals surface area contributed by atoms with E-state index in [1.807, 2.05) is 0 Å². The van der Waals surface area contributed by atoms with Crippen molar-refractivity contribution in [3.05, 3.63) is 114 Å². The van der Waals surface area contributed by atoms with Crippen molar-refractivity contribution in [3.8, 4) is 0 Å². The highest BCUT2D eigenvalue weighted by atomic mass is 19.4. The highest BCUT2D eigenvalue weighted by molar-refractivity contribution is 6.08. The predicted octanol–water partition coefficient (Wildman–Crippen LogP) is 5.79. The third-order valence-electron chi connectivity index (χ3n) is 7.25. The number of nitrogens with zero attached hydrogens (tertiary/aromatic N) is 2. The zero-order valence-electron chi connectivity index (χ0n) is 26.9. The van der Waals surface area contributed by atoms with Gasteiger partial charge in [0.15, 0.2) is 0 Å². The van der Waals surface area contributed by atoms with Crippen molar-refractivity contribution in [2.45, 2.75) is 38.4 Å². The molecule has 0 aliphatic carbocycles. The van der Waals surface area contributed by atoms with Crippen LogP contribution in [0.1, 0.15) is 51.1 Å². The summed E-state index contributed by atoms with van der Waals surface area (Å²) in [6.45, 7) is 5.59. The van der Waals surface area contributed by atoms with Crippen LogP contribution >= 0.6 is 0 Å². The van der Waals surface area contributed by atoms with E-state index in [0.717, 1.165) is 24.3 Å². The number of aryl methyl sites for hydroxylation is 1. The standard InChI is InChI=1S/C35H35F3N8O4/c1-3-30(47)46-29(12-4-5-15-39)33(50)43-24-10-7-11-25(17-24)45-34-40-19-27(20-41-34)44-32(49)28-18-26(14-13-21(28)2)42-31(48)22-8-6-9-23(16-22)35(36,37)38/h3,6-11,13-14,16-20,29H,1,4-5,12,15,39H2,2H3,(H,42,48)(H,43,50)(H,44,49)(H,46,47)(H,40,41,45). The molecule has 260 valence electrons. The maximum Gasteiger partial charge on any atom is 0.416 e. The number of hydrogen-bond donors (Lipinski definition) is 6. The molecule has 4 amide bonds. The quantitative estimate of drug-likeness (QED) is 0.0712. The lowest BCUT2D eigenvalue weighted by molar-refractivity contribution is -0.137. The fourth-order valence-electron chi connectivity index (χ4n) is 4.67. The fourth-order valence-corrected chi connectivity index (χ4v) is 4.67. The largest absolute Gasteiger partial charge is 0.416 e. The molecule has 50 heavy (non-hydrogen) atoms. The zero-order chi connectivity index (χ0) is 36.3. The van der Waals surface area contributed by atoms with Crippen molar-refractivity contribution in [1.29, 1.82) is 0 Å². The number of hydrogen-bond acceptors (Lipinski definition) is 8. The van der Waals surface area contributed by atoms with Crippen LogP contribution in [0.3, 0.4) is 0 Å². The first-order chi connectivity index (χ1) is 23.9. The number of rotatable bonds is 14. The minimum absolute atomic E-state index is 0.189. The molecule has 0 bridgehead atoms. The Morgan fingerprint density at radius 2 is 1.52 bits per heavy atom. The van der Waals surface area contributed by atoms with Crippen LogP contribution in [0.25, 0.3) is 0 Å². The van der Waals surface area contributed by atoms with Crippen LogP contribution in [0, 0.1) is 6.92 Å². The van der Waals surface area contributed by atoms with Crippen LogP contribution in [-0.2, 0) is 15.8 Å². The second kappa shape index (κ2) is 16.8. The highest BCUT2D eigenvalue weighted by Crippen LogP contribution is 2.30. The number of carbonyl (C=O) groups excluding carboxylic acids is 4. The van der Waals surface area contributed by atoms with Gasteiger partial charge in [-0.2, -0.15) is 13.2 Å². The summed E-state index contributed by atoms with van der Waals surface area (Å²) in [7, 11) is 0. The third kappa shape index (κ3) is 10.5. The molecule has 7 N–H and O–H groups in total. The molecular formula is C35H35F3N8O4. The summed E-state index contributed by atoms with van der Waals surface area (Å²) in [4.78, 5) is 59.0. The number of unbranched alkanes of at least 4 members (excludes halogenated alkanes) is 1. The van der Waals surface area contributed by atoms with Gasteiger partial charge in [0.25, 0.3) is 11.8 Å². The Labute approximate surface area is 285 Å². The number of nitrogens with two attached hydrogens (primary N) is 1. The first kappa shape index (κ1) is 36.7. The molecule has 12 nitrogen and oxygen atoms in total. The third-order valence-corrected chi connectivity index (χ3v) is 7.25. The molecule has 0 fully saturated rings. The van der Waals surface area contributed by atoms with Gasteiger partial charge in [-0.25, -0.2) is 9.97 Å². The van der Waals surface area contributed by atoms with Gasteiger partial charge in [0.2, 0.25) is 17.8 Å². The Kier molecular flexibility index (Phi) is 12.4.